The van der Waals surface area contributed by atoms with Crippen LogP contribution in [0.3, 0.4) is 0 Å². The van der Waals surface area contributed by atoms with Crippen molar-refractivity contribution in [2.75, 3.05) is 0 Å². The van der Waals surface area contributed by atoms with Gasteiger partial charge >= 0.3 is 0 Å². The van der Waals surface area contributed by atoms with E-state index in [9.17, 15) is 5.11 Å². The number of aliphatic hydroxyl groups is 1. The summed E-state index contributed by atoms with van der Waals surface area (Å²) in [6, 6.07) is 3.90. The first kappa shape index (κ1) is 10.2. The summed E-state index contributed by atoms with van der Waals surface area (Å²) in [6.07, 6.45) is 1.31. The molecule has 0 fully saturated rings. The van der Waals surface area contributed by atoms with E-state index >= 15 is 0 Å². The third-order valence-electron chi connectivity index (χ3n) is 2.04. The van der Waals surface area contributed by atoms with Crippen LogP contribution in [-0.2, 0) is 5.41 Å². The monoisotopic (exact) mass is 179 g/mol. The van der Waals surface area contributed by atoms with E-state index in [0.29, 0.717) is 0 Å². The number of aliphatic hydroxyl groups excluding tert-OH is 1. The van der Waals surface area contributed by atoms with Gasteiger partial charge in [0.05, 0.1) is 6.10 Å². The highest BCUT2D eigenvalue weighted by Gasteiger charge is 2.14. The molecule has 2 nitrogen and oxygen atoms in total. The van der Waals surface area contributed by atoms with Gasteiger partial charge in [-0.15, -0.1) is 0 Å². The Balaban J connectivity index is 2.94. The van der Waals surface area contributed by atoms with Gasteiger partial charge in [-0.05, 0) is 18.6 Å². The third-order valence-corrected chi connectivity index (χ3v) is 2.04. The minimum atomic E-state index is -0.429. The van der Waals surface area contributed by atoms with E-state index in [0.717, 1.165) is 11.3 Å². The molecule has 0 aliphatic carbocycles. The molecule has 72 valence electrons. The minimum absolute atomic E-state index is 0.0806. The third kappa shape index (κ3) is 2.52. The summed E-state index contributed by atoms with van der Waals surface area (Å²) in [5.74, 6) is 0. The van der Waals surface area contributed by atoms with Gasteiger partial charge in [-0.1, -0.05) is 26.8 Å². The summed E-state index contributed by atoms with van der Waals surface area (Å²) in [7, 11) is 0. The van der Waals surface area contributed by atoms with Gasteiger partial charge in [0.25, 0.3) is 0 Å². The van der Waals surface area contributed by atoms with Gasteiger partial charge in [-0.25, -0.2) is 0 Å². The van der Waals surface area contributed by atoms with Crippen molar-refractivity contribution in [2.24, 2.45) is 0 Å². The average molecular weight is 179 g/mol. The van der Waals surface area contributed by atoms with Crippen molar-refractivity contribution in [3.05, 3.63) is 29.6 Å². The molecule has 0 saturated carbocycles. The predicted molar refractivity (Wildman–Crippen MR) is 53.6 cm³/mol. The van der Waals surface area contributed by atoms with Crippen LogP contribution in [0.5, 0.6) is 0 Å². The maximum Gasteiger partial charge on any atom is 0.0776 e. The molecule has 1 unspecified atom stereocenters. The fraction of sp³-hybridized carbons (Fsp3) is 0.545. The Morgan fingerprint density at radius 2 is 1.92 bits per heavy atom. The molecule has 1 N–H and O–H groups in total. The zero-order chi connectivity index (χ0) is 10.1. The zero-order valence-electron chi connectivity index (χ0n) is 8.70. The lowest BCUT2D eigenvalue weighted by atomic mass is 9.91. The van der Waals surface area contributed by atoms with Gasteiger partial charge < -0.3 is 5.11 Å². The molecule has 0 aliphatic rings. The Bertz CT molecular complexity index is 269. The predicted octanol–water partition coefficient (Wildman–Crippen LogP) is 2.43. The smallest absolute Gasteiger partial charge is 0.0776 e. The van der Waals surface area contributed by atoms with Gasteiger partial charge in [-0.2, -0.15) is 0 Å². The zero-order valence-corrected chi connectivity index (χ0v) is 8.70. The molecule has 1 rings (SSSR count). The summed E-state index contributed by atoms with van der Waals surface area (Å²) < 4.78 is 0. The molecule has 0 aromatic carbocycles. The summed E-state index contributed by atoms with van der Waals surface area (Å²) >= 11 is 0. The van der Waals surface area contributed by atoms with Crippen molar-refractivity contribution in [3.8, 4) is 0 Å². The second-order valence-corrected chi connectivity index (χ2v) is 4.40. The molecule has 0 amide bonds. The lowest BCUT2D eigenvalue weighted by molar-refractivity contribution is 0.198. The molecule has 13 heavy (non-hydrogen) atoms. The molecule has 0 saturated heterocycles. The molecule has 1 heterocycles. The van der Waals surface area contributed by atoms with Crippen molar-refractivity contribution in [2.45, 2.75) is 39.2 Å². The molecule has 1 atom stereocenters. The van der Waals surface area contributed by atoms with Crippen LogP contribution < -0.4 is 0 Å². The first-order valence-corrected chi connectivity index (χ1v) is 4.56. The number of pyridine rings is 1. The van der Waals surface area contributed by atoms with Gasteiger partial charge in [0.1, 0.15) is 0 Å². The van der Waals surface area contributed by atoms with E-state index in [1.54, 1.807) is 13.1 Å². The SMILES string of the molecule is CC(O)c1ccc(C(C)(C)C)nc1. The summed E-state index contributed by atoms with van der Waals surface area (Å²) in [4.78, 5) is 4.31. The molecule has 1 aromatic rings. The van der Waals surface area contributed by atoms with E-state index in [1.807, 2.05) is 12.1 Å². The maximum atomic E-state index is 9.28. The van der Waals surface area contributed by atoms with Crippen molar-refractivity contribution >= 4 is 0 Å². The summed E-state index contributed by atoms with van der Waals surface area (Å²) in [5.41, 5.74) is 2.00. The van der Waals surface area contributed by atoms with Crippen molar-refractivity contribution < 1.29 is 5.11 Å². The Hall–Kier alpha value is -0.890. The Labute approximate surface area is 79.6 Å². The molecule has 2 heteroatoms. The molecule has 1 aromatic heterocycles. The normalized spacial score (nSPS) is 14.2. The molecule has 0 aliphatic heterocycles. The standard InChI is InChI=1S/C11H17NO/c1-8(13)9-5-6-10(12-7-9)11(2,3)4/h5-8,13H,1-4H3. The molecule has 0 bridgehead atoms. The van der Waals surface area contributed by atoms with Gasteiger partial charge in [-0.3, -0.25) is 4.98 Å². The number of nitrogens with zero attached hydrogens (tertiary/aromatic N) is 1. The Kier molecular flexibility index (Phi) is 2.71. The highest BCUT2D eigenvalue weighted by Crippen LogP contribution is 2.21. The quantitative estimate of drug-likeness (QED) is 0.718. The lowest BCUT2D eigenvalue weighted by Gasteiger charge is -2.17. The molecule has 0 spiro atoms. The van der Waals surface area contributed by atoms with Gasteiger partial charge in [0, 0.05) is 17.3 Å². The minimum Gasteiger partial charge on any atom is -0.389 e. The highest BCUT2D eigenvalue weighted by molar-refractivity contribution is 5.20. The van der Waals surface area contributed by atoms with E-state index in [1.165, 1.54) is 0 Å². The van der Waals surface area contributed by atoms with Gasteiger partial charge in [0.2, 0.25) is 0 Å². The van der Waals surface area contributed by atoms with Crippen LogP contribution in [0.1, 0.15) is 45.1 Å². The van der Waals surface area contributed by atoms with Crippen molar-refractivity contribution in [3.63, 3.8) is 0 Å². The van der Waals surface area contributed by atoms with E-state index in [4.69, 9.17) is 0 Å². The first-order chi connectivity index (χ1) is 5.91. The van der Waals surface area contributed by atoms with Crippen LogP contribution >= 0.6 is 0 Å². The van der Waals surface area contributed by atoms with Crippen molar-refractivity contribution in [1.82, 2.24) is 4.98 Å². The van der Waals surface area contributed by atoms with Crippen LogP contribution in [0.4, 0.5) is 0 Å². The van der Waals surface area contributed by atoms with E-state index in [2.05, 4.69) is 25.8 Å². The topological polar surface area (TPSA) is 33.1 Å². The number of rotatable bonds is 1. The molecule has 0 radical (unpaired) electrons. The second-order valence-electron chi connectivity index (χ2n) is 4.40. The number of aromatic nitrogens is 1. The molecular formula is C11H17NO. The Morgan fingerprint density at radius 3 is 2.23 bits per heavy atom. The lowest BCUT2D eigenvalue weighted by Crippen LogP contribution is -2.13. The van der Waals surface area contributed by atoms with Crippen LogP contribution in [0.15, 0.2) is 18.3 Å². The summed E-state index contributed by atoms with van der Waals surface area (Å²) in [5, 5.41) is 9.28. The van der Waals surface area contributed by atoms with Crippen LogP contribution in [-0.4, -0.2) is 10.1 Å². The number of hydrogen-bond donors (Lipinski definition) is 1. The van der Waals surface area contributed by atoms with Crippen molar-refractivity contribution in [1.29, 1.82) is 0 Å². The first-order valence-electron chi connectivity index (χ1n) is 4.56. The van der Waals surface area contributed by atoms with E-state index < -0.39 is 6.10 Å². The van der Waals surface area contributed by atoms with Crippen LogP contribution in [0, 0.1) is 0 Å². The molecular weight excluding hydrogens is 162 g/mol. The maximum absolute atomic E-state index is 9.28. The Morgan fingerprint density at radius 1 is 1.31 bits per heavy atom. The number of hydrogen-bond acceptors (Lipinski definition) is 2. The van der Waals surface area contributed by atoms with Crippen LogP contribution in [0.25, 0.3) is 0 Å². The van der Waals surface area contributed by atoms with E-state index in [-0.39, 0.29) is 5.41 Å². The van der Waals surface area contributed by atoms with Gasteiger partial charge in [0.15, 0.2) is 0 Å². The second kappa shape index (κ2) is 3.46. The average Bonchev–Trinajstić information content (AvgIpc) is 2.03. The highest BCUT2D eigenvalue weighted by atomic mass is 16.3. The fourth-order valence-corrected chi connectivity index (χ4v) is 1.10. The summed E-state index contributed by atoms with van der Waals surface area (Å²) in [6.45, 7) is 8.11. The van der Waals surface area contributed by atoms with Crippen LogP contribution in [0.2, 0.25) is 0 Å². The fourth-order valence-electron chi connectivity index (χ4n) is 1.10. The largest absolute Gasteiger partial charge is 0.389 e.